The lowest BCUT2D eigenvalue weighted by Crippen LogP contribution is -2.33. The Balaban J connectivity index is 1.57. The zero-order valence-corrected chi connectivity index (χ0v) is 14.9. The van der Waals surface area contributed by atoms with E-state index in [-0.39, 0.29) is 0 Å². The molecule has 1 N–H and O–H groups in total. The first-order chi connectivity index (χ1) is 12.0. The van der Waals surface area contributed by atoms with Crippen molar-refractivity contribution < 1.29 is 9.90 Å². The Morgan fingerprint density at radius 3 is 2.72 bits per heavy atom. The molecule has 0 radical (unpaired) electrons. The van der Waals surface area contributed by atoms with Gasteiger partial charge < -0.3 is 9.90 Å². The number of hydrogen-bond acceptors (Lipinski definition) is 5. The van der Waals surface area contributed by atoms with Gasteiger partial charge in [0.2, 0.25) is 0 Å². The quantitative estimate of drug-likeness (QED) is 0.816. The molecule has 6 heteroatoms. The summed E-state index contributed by atoms with van der Waals surface area (Å²) in [6.07, 6.45) is 5.51. The summed E-state index contributed by atoms with van der Waals surface area (Å²) in [5.74, 6) is 0.396. The zero-order valence-electron chi connectivity index (χ0n) is 14.9. The Morgan fingerprint density at radius 2 is 2.08 bits per heavy atom. The summed E-state index contributed by atoms with van der Waals surface area (Å²) < 4.78 is 1.50. The summed E-state index contributed by atoms with van der Waals surface area (Å²) in [4.78, 5) is 17.9. The molecule has 0 spiro atoms. The van der Waals surface area contributed by atoms with Crippen molar-refractivity contribution >= 4 is 6.29 Å². The first kappa shape index (κ1) is 17.8. The summed E-state index contributed by atoms with van der Waals surface area (Å²) in [6, 6.07) is 7.98. The average molecular weight is 342 g/mol. The topological polar surface area (TPSA) is 71.2 Å². The molecule has 0 saturated carbocycles. The minimum absolute atomic E-state index is 0.396. The third-order valence-corrected chi connectivity index (χ3v) is 4.97. The minimum atomic E-state index is -0.942. The van der Waals surface area contributed by atoms with Gasteiger partial charge in [-0.15, -0.1) is 0 Å². The van der Waals surface area contributed by atoms with E-state index in [1.54, 1.807) is 20.0 Å². The van der Waals surface area contributed by atoms with Crippen LogP contribution in [0.15, 0.2) is 36.7 Å². The number of piperidine rings is 1. The van der Waals surface area contributed by atoms with E-state index in [0.717, 1.165) is 50.1 Å². The molecule has 0 amide bonds. The largest absolute Gasteiger partial charge is 0.371 e. The van der Waals surface area contributed by atoms with Gasteiger partial charge in [-0.25, -0.2) is 4.68 Å². The van der Waals surface area contributed by atoms with Crippen LogP contribution in [0.3, 0.4) is 0 Å². The lowest BCUT2D eigenvalue weighted by atomic mass is 9.93. The number of aliphatic hydroxyl groups excluding tert-OH is 1. The zero-order chi connectivity index (χ0) is 17.9. The van der Waals surface area contributed by atoms with E-state index in [1.807, 2.05) is 24.4 Å². The maximum Gasteiger partial charge on any atom is 0.158 e. The molecular formula is C19H26N4O2. The third kappa shape index (κ3) is 4.14. The Labute approximate surface area is 148 Å². The fraction of sp³-hybridized carbons (Fsp3) is 0.526. The van der Waals surface area contributed by atoms with Crippen LogP contribution in [-0.4, -0.2) is 44.1 Å². The van der Waals surface area contributed by atoms with E-state index in [0.29, 0.717) is 5.92 Å². The third-order valence-electron chi connectivity index (χ3n) is 4.97. The number of likely N-dealkylation sites (tertiary alicyclic amines) is 1. The monoisotopic (exact) mass is 342 g/mol. The Kier molecular flexibility index (Phi) is 5.30. The molecule has 2 aromatic heterocycles. The van der Waals surface area contributed by atoms with Gasteiger partial charge in [-0.05, 0) is 58.0 Å². The molecule has 1 atom stereocenters. The van der Waals surface area contributed by atoms with Crippen molar-refractivity contribution in [2.24, 2.45) is 5.41 Å². The molecule has 3 rings (SSSR count). The van der Waals surface area contributed by atoms with Crippen LogP contribution in [0.4, 0.5) is 0 Å². The van der Waals surface area contributed by atoms with Crippen molar-refractivity contribution in [3.8, 4) is 0 Å². The van der Waals surface area contributed by atoms with Crippen molar-refractivity contribution in [2.45, 2.75) is 45.4 Å². The number of aldehydes is 1. The number of carbonyl (C=O) groups excluding carboxylic acids is 1. The van der Waals surface area contributed by atoms with Crippen LogP contribution in [0.1, 0.15) is 50.2 Å². The number of aliphatic hydroxyl groups is 1. The smallest absolute Gasteiger partial charge is 0.158 e. The van der Waals surface area contributed by atoms with Crippen LogP contribution in [0, 0.1) is 5.41 Å². The first-order valence-electron chi connectivity index (χ1n) is 8.81. The molecule has 1 unspecified atom stereocenters. The standard InChI is InChI=1S/C19H26N4O2/c1-19(2,14-24)18(25)23-12-8-17(21-23)15-6-10-22(11-7-15)13-16-5-3-4-9-20-16/h3-5,8-9,12,14-15,18,25H,6-7,10-11,13H2,1-2H3. The number of hydrogen-bond donors (Lipinski definition) is 1. The highest BCUT2D eigenvalue weighted by molar-refractivity contribution is 5.58. The van der Waals surface area contributed by atoms with Gasteiger partial charge >= 0.3 is 0 Å². The summed E-state index contributed by atoms with van der Waals surface area (Å²) in [5, 5.41) is 14.9. The van der Waals surface area contributed by atoms with Crippen LogP contribution in [0.5, 0.6) is 0 Å². The van der Waals surface area contributed by atoms with Crippen molar-refractivity contribution in [3.05, 3.63) is 48.0 Å². The van der Waals surface area contributed by atoms with Crippen LogP contribution < -0.4 is 0 Å². The molecule has 1 fully saturated rings. The average Bonchev–Trinajstić information content (AvgIpc) is 3.12. The molecule has 134 valence electrons. The molecule has 6 nitrogen and oxygen atoms in total. The van der Waals surface area contributed by atoms with E-state index >= 15 is 0 Å². The fourth-order valence-electron chi connectivity index (χ4n) is 3.22. The van der Waals surface area contributed by atoms with Gasteiger partial charge in [0.05, 0.1) is 16.8 Å². The van der Waals surface area contributed by atoms with Crippen LogP contribution in [0.2, 0.25) is 0 Å². The second kappa shape index (κ2) is 7.45. The fourth-order valence-corrected chi connectivity index (χ4v) is 3.22. The Hall–Kier alpha value is -2.05. The number of nitrogens with zero attached hydrogens (tertiary/aromatic N) is 4. The highest BCUT2D eigenvalue weighted by Crippen LogP contribution is 2.30. The van der Waals surface area contributed by atoms with E-state index < -0.39 is 11.6 Å². The molecule has 25 heavy (non-hydrogen) atoms. The molecule has 2 aromatic rings. The highest BCUT2D eigenvalue weighted by atomic mass is 16.3. The Bertz CT molecular complexity index is 690. The van der Waals surface area contributed by atoms with Gasteiger partial charge in [-0.1, -0.05) is 6.07 Å². The summed E-state index contributed by atoms with van der Waals surface area (Å²) >= 11 is 0. The number of pyridine rings is 1. The molecule has 1 aliphatic rings. The van der Waals surface area contributed by atoms with E-state index in [2.05, 4.69) is 21.0 Å². The van der Waals surface area contributed by atoms with E-state index in [9.17, 15) is 9.90 Å². The maximum atomic E-state index is 11.1. The number of carbonyl (C=O) groups is 1. The first-order valence-corrected chi connectivity index (χ1v) is 8.81. The van der Waals surface area contributed by atoms with E-state index in [4.69, 9.17) is 0 Å². The van der Waals surface area contributed by atoms with Crippen molar-refractivity contribution in [3.63, 3.8) is 0 Å². The Morgan fingerprint density at radius 1 is 1.32 bits per heavy atom. The van der Waals surface area contributed by atoms with E-state index in [1.165, 1.54) is 4.68 Å². The van der Waals surface area contributed by atoms with Gasteiger partial charge in [0, 0.05) is 24.9 Å². The molecular weight excluding hydrogens is 316 g/mol. The van der Waals surface area contributed by atoms with Gasteiger partial charge in [0.1, 0.15) is 6.29 Å². The maximum absolute atomic E-state index is 11.1. The molecule has 0 aliphatic carbocycles. The van der Waals surface area contributed by atoms with Crippen molar-refractivity contribution in [1.29, 1.82) is 0 Å². The molecule has 0 aromatic carbocycles. The lowest BCUT2D eigenvalue weighted by Gasteiger charge is -2.31. The predicted octanol–water partition coefficient (Wildman–Crippen LogP) is 2.37. The normalized spacial score (nSPS) is 18.2. The van der Waals surface area contributed by atoms with Crippen LogP contribution in [0.25, 0.3) is 0 Å². The second-order valence-corrected chi connectivity index (χ2v) is 7.40. The second-order valence-electron chi connectivity index (χ2n) is 7.40. The van der Waals surface area contributed by atoms with Gasteiger partial charge in [0.15, 0.2) is 6.23 Å². The SMILES string of the molecule is CC(C)(C=O)C(O)n1ccc(C2CCN(Cc3ccccn3)CC2)n1. The summed E-state index contributed by atoms with van der Waals surface area (Å²) in [7, 11) is 0. The summed E-state index contributed by atoms with van der Waals surface area (Å²) in [6.45, 7) is 6.32. The number of aromatic nitrogens is 3. The van der Waals surface area contributed by atoms with Crippen LogP contribution >= 0.6 is 0 Å². The molecule has 3 heterocycles. The lowest BCUT2D eigenvalue weighted by molar-refractivity contribution is -0.124. The molecule has 0 bridgehead atoms. The van der Waals surface area contributed by atoms with Gasteiger partial charge in [0.25, 0.3) is 0 Å². The minimum Gasteiger partial charge on any atom is -0.371 e. The van der Waals surface area contributed by atoms with Gasteiger partial charge in [-0.3, -0.25) is 9.88 Å². The van der Waals surface area contributed by atoms with Gasteiger partial charge in [-0.2, -0.15) is 5.10 Å². The van der Waals surface area contributed by atoms with Crippen molar-refractivity contribution in [2.75, 3.05) is 13.1 Å². The molecule has 1 aliphatic heterocycles. The summed E-state index contributed by atoms with van der Waals surface area (Å²) in [5.41, 5.74) is 1.25. The number of rotatable bonds is 6. The highest BCUT2D eigenvalue weighted by Gasteiger charge is 2.30. The predicted molar refractivity (Wildman–Crippen MR) is 94.8 cm³/mol. The molecule has 1 saturated heterocycles. The van der Waals surface area contributed by atoms with Crippen LogP contribution in [-0.2, 0) is 11.3 Å². The van der Waals surface area contributed by atoms with Crippen molar-refractivity contribution in [1.82, 2.24) is 19.7 Å².